The van der Waals surface area contributed by atoms with Crippen molar-refractivity contribution in [3.8, 4) is 28.7 Å². The third-order valence-corrected chi connectivity index (χ3v) is 9.61. The van der Waals surface area contributed by atoms with Gasteiger partial charge >= 0.3 is 0 Å². The van der Waals surface area contributed by atoms with E-state index in [2.05, 4.69) is 20.9 Å². The smallest absolute Gasteiger partial charge is 0.272 e. The van der Waals surface area contributed by atoms with Crippen LogP contribution in [0.3, 0.4) is 0 Å². The van der Waals surface area contributed by atoms with Crippen LogP contribution in [0, 0.1) is 0 Å². The third kappa shape index (κ3) is 8.91. The number of carbonyl (C=O) groups is 3. The highest BCUT2D eigenvalue weighted by atomic mass is 32.2. The normalized spacial score (nSPS) is 11.7. The number of ether oxygens (including phenoxy) is 3. The number of anilines is 2. The third-order valence-electron chi connectivity index (χ3n) is 8.25. The lowest BCUT2D eigenvalue weighted by Crippen LogP contribution is -2.30. The molecule has 0 saturated heterocycles. The van der Waals surface area contributed by atoms with Crippen LogP contribution in [0.1, 0.15) is 29.3 Å². The van der Waals surface area contributed by atoms with Gasteiger partial charge in [0.1, 0.15) is 11.2 Å². The van der Waals surface area contributed by atoms with E-state index in [0.717, 1.165) is 16.0 Å². The van der Waals surface area contributed by atoms with E-state index in [1.54, 1.807) is 60.7 Å². The van der Waals surface area contributed by atoms with E-state index >= 15 is 0 Å². The zero-order valence-electron chi connectivity index (χ0n) is 30.0. The number of benzene rings is 5. The van der Waals surface area contributed by atoms with Crippen molar-refractivity contribution < 1.29 is 33.0 Å². The molecule has 274 valence electrons. The van der Waals surface area contributed by atoms with Crippen molar-refractivity contribution in [2.24, 2.45) is 0 Å². The Morgan fingerprint density at radius 1 is 0.778 bits per heavy atom. The number of carbonyl (C=O) groups excluding carboxylic acids is 3. The lowest BCUT2D eigenvalue weighted by atomic mass is 10.1. The molecule has 3 amide bonds. The molecule has 0 fully saturated rings. The minimum absolute atomic E-state index is 0.0240. The van der Waals surface area contributed by atoms with Crippen LogP contribution in [0.4, 0.5) is 11.4 Å². The number of oxazole rings is 1. The lowest BCUT2D eigenvalue weighted by Gasteiger charge is -2.16. The van der Waals surface area contributed by atoms with Gasteiger partial charge in [0.2, 0.25) is 17.5 Å². The van der Waals surface area contributed by atoms with E-state index in [1.165, 1.54) is 39.2 Å². The van der Waals surface area contributed by atoms with E-state index in [9.17, 15) is 14.4 Å². The number of hydrogen-bond donors (Lipinski definition) is 3. The minimum Gasteiger partial charge on any atom is -0.493 e. The van der Waals surface area contributed by atoms with E-state index in [-0.39, 0.29) is 11.6 Å². The highest BCUT2D eigenvalue weighted by Crippen LogP contribution is 2.39. The molecule has 54 heavy (non-hydrogen) atoms. The molecule has 6 aromatic rings. The number of thioether (sulfide) groups is 1. The molecular weight excluding hydrogens is 705 g/mol. The Hall–Kier alpha value is -6.53. The Bertz CT molecular complexity index is 2250. The lowest BCUT2D eigenvalue weighted by molar-refractivity contribution is -0.116. The molecule has 1 heterocycles. The van der Waals surface area contributed by atoms with Crippen molar-refractivity contribution in [3.63, 3.8) is 0 Å². The number of amides is 3. The predicted molar refractivity (Wildman–Crippen MR) is 211 cm³/mol. The van der Waals surface area contributed by atoms with Crippen LogP contribution in [0.25, 0.3) is 28.6 Å². The quantitative estimate of drug-likeness (QED) is 0.0741. The molecule has 1 atom stereocenters. The molecule has 0 radical (unpaired) electrons. The Morgan fingerprint density at radius 3 is 2.15 bits per heavy atom. The predicted octanol–water partition coefficient (Wildman–Crippen LogP) is 8.44. The summed E-state index contributed by atoms with van der Waals surface area (Å²) in [4.78, 5) is 45.7. The van der Waals surface area contributed by atoms with Crippen molar-refractivity contribution in [3.05, 3.63) is 132 Å². The van der Waals surface area contributed by atoms with Gasteiger partial charge in [-0.2, -0.15) is 0 Å². The number of hydrogen-bond acceptors (Lipinski definition) is 9. The van der Waals surface area contributed by atoms with Crippen LogP contribution in [-0.2, 0) is 9.59 Å². The van der Waals surface area contributed by atoms with E-state index in [1.807, 2.05) is 61.5 Å². The second kappa shape index (κ2) is 17.3. The second-order valence-corrected chi connectivity index (χ2v) is 13.2. The topological polar surface area (TPSA) is 141 Å². The maximum Gasteiger partial charge on any atom is 0.272 e. The molecule has 0 saturated carbocycles. The fourth-order valence-corrected chi connectivity index (χ4v) is 6.55. The second-order valence-electron chi connectivity index (χ2n) is 11.9. The summed E-state index contributed by atoms with van der Waals surface area (Å²) in [5.41, 5.74) is 4.27. The minimum atomic E-state index is -0.568. The van der Waals surface area contributed by atoms with Gasteiger partial charge in [-0.3, -0.25) is 14.4 Å². The van der Waals surface area contributed by atoms with Crippen molar-refractivity contribution in [1.82, 2.24) is 10.3 Å². The summed E-state index contributed by atoms with van der Waals surface area (Å²) in [6.07, 6.45) is 2.08. The molecule has 5 aromatic carbocycles. The first-order valence-corrected chi connectivity index (χ1v) is 17.9. The van der Waals surface area contributed by atoms with Crippen LogP contribution in [0.2, 0.25) is 0 Å². The van der Waals surface area contributed by atoms with Gasteiger partial charge in [0.15, 0.2) is 17.1 Å². The number of para-hydroxylation sites is 2. The van der Waals surface area contributed by atoms with Crippen LogP contribution >= 0.6 is 11.8 Å². The van der Waals surface area contributed by atoms with Gasteiger partial charge in [0.05, 0.1) is 26.6 Å². The summed E-state index contributed by atoms with van der Waals surface area (Å²) in [6, 6.07) is 34.0. The van der Waals surface area contributed by atoms with Crippen LogP contribution in [-0.4, -0.2) is 49.3 Å². The number of fused-ring (bicyclic) bond motifs is 1. The summed E-state index contributed by atoms with van der Waals surface area (Å²) in [7, 11) is 4.48. The van der Waals surface area contributed by atoms with Crippen molar-refractivity contribution in [2.45, 2.75) is 23.5 Å². The van der Waals surface area contributed by atoms with Gasteiger partial charge in [-0.15, -0.1) is 11.8 Å². The van der Waals surface area contributed by atoms with Crippen LogP contribution in [0.15, 0.2) is 130 Å². The molecule has 0 spiro atoms. The number of nitrogens with zero attached hydrogens (tertiary/aromatic N) is 1. The van der Waals surface area contributed by atoms with Crippen molar-refractivity contribution in [1.29, 1.82) is 0 Å². The molecule has 3 N–H and O–H groups in total. The summed E-state index contributed by atoms with van der Waals surface area (Å²) >= 11 is 1.38. The summed E-state index contributed by atoms with van der Waals surface area (Å²) in [6.45, 7) is 1.94. The highest BCUT2D eigenvalue weighted by molar-refractivity contribution is 8.00. The maximum atomic E-state index is 13.8. The Balaban J connectivity index is 1.16. The van der Waals surface area contributed by atoms with Gasteiger partial charge in [0.25, 0.3) is 11.8 Å². The average molecular weight is 743 g/mol. The molecule has 0 aliphatic rings. The fourth-order valence-electron chi connectivity index (χ4n) is 5.54. The molecule has 0 aliphatic heterocycles. The molecule has 11 nitrogen and oxygen atoms in total. The molecule has 1 unspecified atom stereocenters. The first kappa shape index (κ1) is 37.2. The molecular formula is C42H38N4O7S. The summed E-state index contributed by atoms with van der Waals surface area (Å²) < 4.78 is 22.3. The van der Waals surface area contributed by atoms with E-state index in [4.69, 9.17) is 18.6 Å². The zero-order valence-corrected chi connectivity index (χ0v) is 30.9. The van der Waals surface area contributed by atoms with Gasteiger partial charge in [-0.25, -0.2) is 4.98 Å². The fraction of sp³-hybridized carbons (Fsp3) is 0.143. The number of rotatable bonds is 14. The molecule has 6 rings (SSSR count). The monoisotopic (exact) mass is 742 g/mol. The first-order valence-electron chi connectivity index (χ1n) is 17.0. The van der Waals surface area contributed by atoms with E-state index in [0.29, 0.717) is 57.6 Å². The van der Waals surface area contributed by atoms with Gasteiger partial charge in [-0.05, 0) is 96.9 Å². The molecule has 0 aliphatic carbocycles. The summed E-state index contributed by atoms with van der Waals surface area (Å²) in [5.74, 6) is 0.463. The largest absolute Gasteiger partial charge is 0.493 e. The highest BCUT2D eigenvalue weighted by Gasteiger charge is 2.21. The molecule has 0 bridgehead atoms. The molecule has 12 heteroatoms. The summed E-state index contributed by atoms with van der Waals surface area (Å²) in [5, 5.41) is 8.22. The van der Waals surface area contributed by atoms with Crippen LogP contribution in [0.5, 0.6) is 17.2 Å². The number of nitrogens with one attached hydrogen (secondary N) is 3. The molecule has 1 aromatic heterocycles. The Labute approximate surface area is 316 Å². The van der Waals surface area contributed by atoms with Crippen molar-refractivity contribution in [2.75, 3.05) is 32.0 Å². The van der Waals surface area contributed by atoms with Gasteiger partial charge in [-0.1, -0.05) is 43.3 Å². The van der Waals surface area contributed by atoms with Crippen molar-refractivity contribution >= 4 is 58.0 Å². The number of aromatic nitrogens is 1. The Morgan fingerprint density at radius 2 is 1.48 bits per heavy atom. The average Bonchev–Trinajstić information content (AvgIpc) is 3.64. The van der Waals surface area contributed by atoms with Crippen LogP contribution < -0.4 is 30.2 Å². The standard InChI is InChI=1S/C42H38N4O7S/c1-5-37(41(49)43-29-20-18-28(19-21-29)42-46-32-16-9-10-17-34(32)53-42)54-31-15-11-14-30(25-31)44-40(48)33(45-39(47)27-12-7-6-8-13-27)22-26-23-35(50-2)38(52-4)36(24-26)51-3/h6-25,37H,5H2,1-4H3,(H,43,49)(H,44,48)(H,45,47)/b33-22+. The van der Waals surface area contributed by atoms with Gasteiger partial charge < -0.3 is 34.6 Å². The SMILES string of the molecule is CCC(Sc1cccc(NC(=O)/C(=C\c2cc(OC)c(OC)c(OC)c2)NC(=O)c2ccccc2)c1)C(=O)Nc1ccc(-c2nc3ccccc3o2)cc1. The van der Waals surface area contributed by atoms with Gasteiger partial charge in [0, 0.05) is 27.4 Å². The van der Waals surface area contributed by atoms with E-state index < -0.39 is 17.1 Å². The zero-order chi connectivity index (χ0) is 38.0. The maximum absolute atomic E-state index is 13.8. The Kier molecular flexibility index (Phi) is 11.9. The number of methoxy groups -OCH3 is 3. The first-order chi connectivity index (χ1) is 26.3.